The first kappa shape index (κ1) is 20.7. The summed E-state index contributed by atoms with van der Waals surface area (Å²) in [6, 6.07) is 7.10. The maximum atomic E-state index is 12.8. The number of pyridine rings is 1. The van der Waals surface area contributed by atoms with Crippen molar-refractivity contribution in [2.24, 2.45) is 14.1 Å². The third-order valence-electron chi connectivity index (χ3n) is 4.75. The number of benzene rings is 1. The highest BCUT2D eigenvalue weighted by atomic mass is 32.2. The average Bonchev–Trinajstić information content (AvgIpc) is 3.29. The molecule has 0 atom stereocenters. The molecule has 0 bridgehead atoms. The van der Waals surface area contributed by atoms with Gasteiger partial charge in [-0.05, 0) is 24.3 Å². The smallest absolute Gasteiger partial charge is 0.283 e. The van der Waals surface area contributed by atoms with E-state index in [1.54, 1.807) is 26.2 Å². The molecule has 1 N–H and O–H groups in total. The summed E-state index contributed by atoms with van der Waals surface area (Å²) in [5, 5.41) is 3.95. The van der Waals surface area contributed by atoms with Crippen molar-refractivity contribution in [3.05, 3.63) is 64.8 Å². The van der Waals surface area contributed by atoms with E-state index in [9.17, 15) is 26.4 Å². The van der Waals surface area contributed by atoms with E-state index in [2.05, 4.69) is 14.8 Å². The number of halogens is 3. The second-order valence-electron chi connectivity index (χ2n) is 6.68. The van der Waals surface area contributed by atoms with Crippen molar-refractivity contribution in [1.29, 1.82) is 0 Å². The molecule has 4 rings (SSSR count). The van der Waals surface area contributed by atoms with Crippen LogP contribution >= 0.6 is 0 Å². The Morgan fingerprint density at radius 3 is 2.39 bits per heavy atom. The Kier molecular flexibility index (Phi) is 4.65. The Labute approximate surface area is 173 Å². The second kappa shape index (κ2) is 6.97. The Morgan fingerprint density at radius 2 is 1.77 bits per heavy atom. The SMILES string of the molecule is Cn1c(=O)c2cccc(NS(=O)(=O)c3ccc(-n4cc(C(F)(F)F)cn4)nc3)c2n1C. The summed E-state index contributed by atoms with van der Waals surface area (Å²) in [4.78, 5) is 15.9. The van der Waals surface area contributed by atoms with Crippen LogP contribution < -0.4 is 10.3 Å². The molecule has 0 aliphatic carbocycles. The Hall–Kier alpha value is -3.61. The number of hydrogen-bond donors (Lipinski definition) is 1. The molecule has 3 aromatic heterocycles. The molecule has 3 heterocycles. The van der Waals surface area contributed by atoms with Crippen LogP contribution in [-0.2, 0) is 30.3 Å². The number of aromatic nitrogens is 5. The molecule has 13 heteroatoms. The number of nitrogens with one attached hydrogen (secondary N) is 1. The van der Waals surface area contributed by atoms with Gasteiger partial charge in [0.05, 0.1) is 28.4 Å². The van der Waals surface area contributed by atoms with E-state index in [0.29, 0.717) is 17.1 Å². The summed E-state index contributed by atoms with van der Waals surface area (Å²) in [5.74, 6) is 0.0157. The first-order valence-corrected chi connectivity index (χ1v) is 10.2. The van der Waals surface area contributed by atoms with Gasteiger partial charge in [0.15, 0.2) is 5.82 Å². The van der Waals surface area contributed by atoms with Crippen molar-refractivity contribution in [1.82, 2.24) is 24.1 Å². The van der Waals surface area contributed by atoms with E-state index >= 15 is 0 Å². The van der Waals surface area contributed by atoms with Crippen LogP contribution in [0.15, 0.2) is 58.6 Å². The van der Waals surface area contributed by atoms with Gasteiger partial charge >= 0.3 is 6.18 Å². The molecule has 0 unspecified atom stereocenters. The number of anilines is 1. The van der Waals surface area contributed by atoms with Gasteiger partial charge in [-0.15, -0.1) is 0 Å². The monoisotopic (exact) mass is 452 g/mol. The quantitative estimate of drug-likeness (QED) is 0.512. The lowest BCUT2D eigenvalue weighted by Crippen LogP contribution is -2.17. The number of hydrogen-bond acceptors (Lipinski definition) is 5. The molecule has 4 aromatic rings. The molecule has 0 spiro atoms. The summed E-state index contributed by atoms with van der Waals surface area (Å²) in [6.07, 6.45) is -2.13. The van der Waals surface area contributed by atoms with Crippen molar-refractivity contribution in [2.45, 2.75) is 11.1 Å². The molecule has 31 heavy (non-hydrogen) atoms. The molecule has 0 radical (unpaired) electrons. The van der Waals surface area contributed by atoms with Gasteiger partial charge < -0.3 is 0 Å². The van der Waals surface area contributed by atoms with Crippen molar-refractivity contribution < 1.29 is 21.6 Å². The van der Waals surface area contributed by atoms with E-state index in [-0.39, 0.29) is 22.0 Å². The van der Waals surface area contributed by atoms with Crippen molar-refractivity contribution in [2.75, 3.05) is 4.72 Å². The minimum Gasteiger partial charge on any atom is -0.283 e. The van der Waals surface area contributed by atoms with Crippen LogP contribution in [0.25, 0.3) is 16.7 Å². The predicted octanol–water partition coefficient (Wildman–Crippen LogP) is 2.28. The summed E-state index contributed by atoms with van der Waals surface area (Å²) in [7, 11) is -0.908. The minimum absolute atomic E-state index is 0.0157. The highest BCUT2D eigenvalue weighted by molar-refractivity contribution is 7.92. The molecule has 0 saturated heterocycles. The zero-order valence-corrected chi connectivity index (χ0v) is 16.9. The summed E-state index contributed by atoms with van der Waals surface area (Å²) < 4.78 is 70.0. The minimum atomic E-state index is -4.55. The fourth-order valence-corrected chi connectivity index (χ4v) is 4.08. The largest absolute Gasteiger partial charge is 0.419 e. The van der Waals surface area contributed by atoms with Crippen molar-refractivity contribution >= 4 is 26.6 Å². The highest BCUT2D eigenvalue weighted by Gasteiger charge is 2.32. The molecule has 0 fully saturated rings. The van der Waals surface area contributed by atoms with Gasteiger partial charge in [-0.25, -0.2) is 18.1 Å². The standard InChI is InChI=1S/C18H15F3N6O3S/c1-25-16-13(17(28)26(25)2)4-3-5-14(16)24-31(29,30)12-6-7-15(22-9-12)27-10-11(8-23-27)18(19,20)21/h3-10,24H,1-2H3. The first-order valence-electron chi connectivity index (χ1n) is 8.75. The van der Waals surface area contributed by atoms with Crippen LogP contribution in [0.4, 0.5) is 18.9 Å². The van der Waals surface area contributed by atoms with Crippen molar-refractivity contribution in [3.8, 4) is 5.82 Å². The van der Waals surface area contributed by atoms with Crippen LogP contribution in [0.3, 0.4) is 0 Å². The lowest BCUT2D eigenvalue weighted by molar-refractivity contribution is -0.137. The molecular formula is C18H15F3N6O3S. The Balaban J connectivity index is 1.66. The van der Waals surface area contributed by atoms with Gasteiger partial charge in [0.1, 0.15) is 4.90 Å². The molecule has 1 aromatic carbocycles. The van der Waals surface area contributed by atoms with E-state index in [1.165, 1.54) is 27.6 Å². The number of fused-ring (bicyclic) bond motifs is 1. The van der Waals surface area contributed by atoms with Crippen LogP contribution in [-0.4, -0.2) is 32.5 Å². The highest BCUT2D eigenvalue weighted by Crippen LogP contribution is 2.29. The third-order valence-corrected chi connectivity index (χ3v) is 6.10. The third kappa shape index (κ3) is 3.56. The fraction of sp³-hybridized carbons (Fsp3) is 0.167. The number of nitrogens with zero attached hydrogens (tertiary/aromatic N) is 5. The second-order valence-corrected chi connectivity index (χ2v) is 8.37. The van der Waals surface area contributed by atoms with Gasteiger partial charge in [-0.2, -0.15) is 18.3 Å². The van der Waals surface area contributed by atoms with E-state index < -0.39 is 21.8 Å². The lowest BCUT2D eigenvalue weighted by Gasteiger charge is -2.11. The average molecular weight is 452 g/mol. The Morgan fingerprint density at radius 1 is 1.03 bits per heavy atom. The number of alkyl halides is 3. The number of para-hydroxylation sites is 1. The molecule has 0 amide bonds. The predicted molar refractivity (Wildman–Crippen MR) is 105 cm³/mol. The normalized spacial score (nSPS) is 12.4. The van der Waals surface area contributed by atoms with E-state index in [4.69, 9.17) is 0 Å². The topological polar surface area (TPSA) is 104 Å². The van der Waals surface area contributed by atoms with Gasteiger partial charge in [-0.1, -0.05) is 6.07 Å². The van der Waals surface area contributed by atoms with E-state index in [1.807, 2.05) is 0 Å². The zero-order valence-electron chi connectivity index (χ0n) is 16.1. The molecule has 0 aliphatic rings. The van der Waals surface area contributed by atoms with Crippen molar-refractivity contribution in [3.63, 3.8) is 0 Å². The number of rotatable bonds is 4. The summed E-state index contributed by atoms with van der Waals surface area (Å²) in [5.41, 5.74) is -0.626. The first-order chi connectivity index (χ1) is 14.5. The Bertz CT molecular complexity index is 1450. The maximum absolute atomic E-state index is 12.8. The van der Waals surface area contributed by atoms with Crippen LogP contribution in [0, 0.1) is 0 Å². The summed E-state index contributed by atoms with van der Waals surface area (Å²) in [6.45, 7) is 0. The zero-order chi connectivity index (χ0) is 22.6. The van der Waals surface area contributed by atoms with Gasteiger partial charge in [0.25, 0.3) is 15.6 Å². The molecule has 162 valence electrons. The van der Waals surface area contributed by atoms with Crippen LogP contribution in [0.5, 0.6) is 0 Å². The molecule has 0 aliphatic heterocycles. The van der Waals surface area contributed by atoms with E-state index in [0.717, 1.165) is 17.1 Å². The molecule has 9 nitrogen and oxygen atoms in total. The lowest BCUT2D eigenvalue weighted by atomic mass is 10.2. The fourth-order valence-electron chi connectivity index (χ4n) is 3.07. The maximum Gasteiger partial charge on any atom is 0.419 e. The number of sulfonamides is 1. The molecule has 0 saturated carbocycles. The number of aryl methyl sites for hydroxylation is 1. The van der Waals surface area contributed by atoms with Gasteiger partial charge in [-0.3, -0.25) is 18.9 Å². The summed E-state index contributed by atoms with van der Waals surface area (Å²) >= 11 is 0. The van der Waals surface area contributed by atoms with Crippen LogP contribution in [0.2, 0.25) is 0 Å². The van der Waals surface area contributed by atoms with Gasteiger partial charge in [0.2, 0.25) is 0 Å². The van der Waals surface area contributed by atoms with Gasteiger partial charge in [0, 0.05) is 26.5 Å². The van der Waals surface area contributed by atoms with Crippen LogP contribution in [0.1, 0.15) is 5.56 Å². The molecular weight excluding hydrogens is 437 g/mol.